The van der Waals surface area contributed by atoms with Gasteiger partial charge in [0.2, 0.25) is 0 Å². The lowest BCUT2D eigenvalue weighted by Crippen LogP contribution is -2.17. The summed E-state index contributed by atoms with van der Waals surface area (Å²) in [4.78, 5) is 0. The lowest BCUT2D eigenvalue weighted by Gasteiger charge is -2.14. The predicted molar refractivity (Wildman–Crippen MR) is 63.6 cm³/mol. The van der Waals surface area contributed by atoms with E-state index in [-0.39, 0.29) is 11.1 Å². The molecule has 106 valence electrons. The molecule has 0 heterocycles. The lowest BCUT2D eigenvalue weighted by molar-refractivity contribution is -0.274. The van der Waals surface area contributed by atoms with Crippen LogP contribution in [0.3, 0.4) is 0 Å². The summed E-state index contributed by atoms with van der Waals surface area (Å²) in [5.41, 5.74) is 0.0912. The first-order valence-corrected chi connectivity index (χ1v) is 5.65. The topological polar surface area (TPSA) is 29.5 Å². The van der Waals surface area contributed by atoms with Crippen molar-refractivity contribution >= 4 is 0 Å². The van der Waals surface area contributed by atoms with E-state index in [4.69, 9.17) is 0 Å². The molecule has 0 saturated heterocycles. The van der Waals surface area contributed by atoms with Crippen molar-refractivity contribution in [3.05, 3.63) is 65.5 Å². The second kappa shape index (κ2) is 5.50. The first-order chi connectivity index (χ1) is 9.37. The SMILES string of the molecule is OC(c1cccc(OC(F)(F)F)c1)c1ccccc1F. The molecule has 0 bridgehead atoms. The van der Waals surface area contributed by atoms with Crippen molar-refractivity contribution in [2.24, 2.45) is 0 Å². The Balaban J connectivity index is 2.29. The third-order valence-electron chi connectivity index (χ3n) is 2.61. The molecular formula is C14H10F4O2. The van der Waals surface area contributed by atoms with Crippen LogP contribution in [0.4, 0.5) is 17.6 Å². The Morgan fingerprint density at radius 2 is 1.70 bits per heavy atom. The van der Waals surface area contributed by atoms with Crippen LogP contribution in [0.5, 0.6) is 5.75 Å². The lowest BCUT2D eigenvalue weighted by atomic mass is 10.0. The number of ether oxygens (including phenoxy) is 1. The Kier molecular flexibility index (Phi) is 3.94. The zero-order valence-corrected chi connectivity index (χ0v) is 10.1. The van der Waals surface area contributed by atoms with Gasteiger partial charge in [0.25, 0.3) is 0 Å². The number of hydrogen-bond donors (Lipinski definition) is 1. The maximum atomic E-state index is 13.5. The van der Waals surface area contributed by atoms with Crippen LogP contribution in [0.15, 0.2) is 48.5 Å². The quantitative estimate of drug-likeness (QED) is 0.869. The van der Waals surface area contributed by atoms with Gasteiger partial charge in [0.05, 0.1) is 0 Å². The van der Waals surface area contributed by atoms with Gasteiger partial charge >= 0.3 is 6.36 Å². The molecule has 1 atom stereocenters. The Morgan fingerprint density at radius 3 is 2.35 bits per heavy atom. The summed E-state index contributed by atoms with van der Waals surface area (Å²) in [6, 6.07) is 10.3. The van der Waals surface area contributed by atoms with Gasteiger partial charge < -0.3 is 9.84 Å². The highest BCUT2D eigenvalue weighted by atomic mass is 19.4. The molecule has 2 nitrogen and oxygen atoms in total. The zero-order valence-electron chi connectivity index (χ0n) is 10.1. The van der Waals surface area contributed by atoms with Crippen molar-refractivity contribution in [1.82, 2.24) is 0 Å². The minimum absolute atomic E-state index is 0.0170. The molecule has 0 radical (unpaired) electrons. The van der Waals surface area contributed by atoms with E-state index in [0.717, 1.165) is 18.2 Å². The minimum Gasteiger partial charge on any atom is -0.406 e. The van der Waals surface area contributed by atoms with Crippen molar-refractivity contribution in [2.45, 2.75) is 12.5 Å². The maximum Gasteiger partial charge on any atom is 0.573 e. The predicted octanol–water partition coefficient (Wildman–Crippen LogP) is 3.81. The van der Waals surface area contributed by atoms with Crippen molar-refractivity contribution in [3.63, 3.8) is 0 Å². The van der Waals surface area contributed by atoms with Crippen molar-refractivity contribution in [1.29, 1.82) is 0 Å². The van der Waals surface area contributed by atoms with E-state index >= 15 is 0 Å². The third kappa shape index (κ3) is 3.48. The molecule has 2 aromatic rings. The summed E-state index contributed by atoms with van der Waals surface area (Å²) >= 11 is 0. The van der Waals surface area contributed by atoms with Gasteiger partial charge in [-0.3, -0.25) is 0 Å². The average Bonchev–Trinajstić information content (AvgIpc) is 2.37. The summed E-state index contributed by atoms with van der Waals surface area (Å²) in [7, 11) is 0. The summed E-state index contributed by atoms with van der Waals surface area (Å²) < 4.78 is 53.6. The van der Waals surface area contributed by atoms with E-state index in [9.17, 15) is 22.7 Å². The van der Waals surface area contributed by atoms with Gasteiger partial charge in [0.1, 0.15) is 17.7 Å². The first kappa shape index (κ1) is 14.3. The summed E-state index contributed by atoms with van der Waals surface area (Å²) in [6.45, 7) is 0. The monoisotopic (exact) mass is 286 g/mol. The number of hydrogen-bond acceptors (Lipinski definition) is 2. The van der Waals surface area contributed by atoms with E-state index in [1.165, 1.54) is 30.3 Å². The normalized spacial score (nSPS) is 13.1. The molecule has 1 N–H and O–H groups in total. The molecule has 0 aliphatic rings. The molecule has 0 aliphatic heterocycles. The molecule has 0 aromatic heterocycles. The van der Waals surface area contributed by atoms with Crippen LogP contribution in [-0.4, -0.2) is 11.5 Å². The van der Waals surface area contributed by atoms with Crippen LogP contribution in [-0.2, 0) is 0 Å². The van der Waals surface area contributed by atoms with Gasteiger partial charge in [-0.15, -0.1) is 13.2 Å². The van der Waals surface area contributed by atoms with E-state index < -0.39 is 24.0 Å². The molecule has 20 heavy (non-hydrogen) atoms. The molecule has 2 aromatic carbocycles. The molecule has 2 rings (SSSR count). The van der Waals surface area contributed by atoms with E-state index in [2.05, 4.69) is 4.74 Å². The molecule has 6 heteroatoms. The van der Waals surface area contributed by atoms with Crippen molar-refractivity contribution in [3.8, 4) is 5.75 Å². The minimum atomic E-state index is -4.82. The second-order valence-electron chi connectivity index (χ2n) is 4.04. The highest BCUT2D eigenvalue weighted by Gasteiger charge is 2.31. The number of rotatable bonds is 3. The highest BCUT2D eigenvalue weighted by Crippen LogP contribution is 2.29. The van der Waals surface area contributed by atoms with Gasteiger partial charge in [-0.05, 0) is 23.8 Å². The molecule has 0 aliphatic carbocycles. The van der Waals surface area contributed by atoms with Crippen molar-refractivity contribution in [2.75, 3.05) is 0 Å². The molecule has 0 fully saturated rings. The van der Waals surface area contributed by atoms with Crippen molar-refractivity contribution < 1.29 is 27.4 Å². The van der Waals surface area contributed by atoms with Crippen LogP contribution in [0.25, 0.3) is 0 Å². The van der Waals surface area contributed by atoms with Crippen LogP contribution < -0.4 is 4.74 Å². The summed E-state index contributed by atoms with van der Waals surface area (Å²) in [5, 5.41) is 10.0. The smallest absolute Gasteiger partial charge is 0.406 e. The fraction of sp³-hybridized carbons (Fsp3) is 0.143. The number of aliphatic hydroxyl groups excluding tert-OH is 1. The molecule has 0 spiro atoms. The zero-order chi connectivity index (χ0) is 14.8. The second-order valence-corrected chi connectivity index (χ2v) is 4.04. The fourth-order valence-electron chi connectivity index (χ4n) is 1.76. The largest absolute Gasteiger partial charge is 0.573 e. The Bertz CT molecular complexity index is 596. The average molecular weight is 286 g/mol. The Labute approximate surface area is 112 Å². The van der Waals surface area contributed by atoms with Gasteiger partial charge in [-0.1, -0.05) is 30.3 Å². The number of alkyl halides is 3. The Morgan fingerprint density at radius 1 is 1.00 bits per heavy atom. The van der Waals surface area contributed by atoms with Gasteiger partial charge in [-0.2, -0.15) is 0 Å². The molecule has 1 unspecified atom stereocenters. The van der Waals surface area contributed by atoms with Crippen LogP contribution in [0.1, 0.15) is 17.2 Å². The summed E-state index contributed by atoms with van der Waals surface area (Å²) in [5.74, 6) is -1.10. The van der Waals surface area contributed by atoms with Gasteiger partial charge in [-0.25, -0.2) is 4.39 Å². The van der Waals surface area contributed by atoms with Gasteiger partial charge in [0.15, 0.2) is 0 Å². The maximum absolute atomic E-state index is 13.5. The third-order valence-corrected chi connectivity index (χ3v) is 2.61. The number of halogens is 4. The van der Waals surface area contributed by atoms with E-state index in [1.54, 1.807) is 0 Å². The van der Waals surface area contributed by atoms with E-state index in [1.807, 2.05) is 0 Å². The fourth-order valence-corrected chi connectivity index (χ4v) is 1.76. The van der Waals surface area contributed by atoms with Crippen LogP contribution in [0.2, 0.25) is 0 Å². The highest BCUT2D eigenvalue weighted by molar-refractivity contribution is 5.35. The first-order valence-electron chi connectivity index (χ1n) is 5.65. The summed E-state index contributed by atoms with van der Waals surface area (Å²) in [6.07, 6.45) is -6.19. The molecule has 0 saturated carbocycles. The van der Waals surface area contributed by atoms with E-state index in [0.29, 0.717) is 0 Å². The standard InChI is InChI=1S/C14H10F4O2/c15-12-7-2-1-6-11(12)13(19)9-4-3-5-10(8-9)20-14(16,17)18/h1-8,13,19H. The Hall–Kier alpha value is -2.08. The molecular weight excluding hydrogens is 276 g/mol. The van der Waals surface area contributed by atoms with Crippen LogP contribution >= 0.6 is 0 Å². The number of benzene rings is 2. The number of aliphatic hydroxyl groups is 1. The van der Waals surface area contributed by atoms with Crippen LogP contribution in [0, 0.1) is 5.82 Å². The molecule has 0 amide bonds. The van der Waals surface area contributed by atoms with Gasteiger partial charge in [0, 0.05) is 5.56 Å².